The SMILES string of the molecule is COc1ccc(NC(=O)N2C3CC2CN(C(C)C)C3)cc1. The molecule has 5 nitrogen and oxygen atoms in total. The Morgan fingerprint density at radius 3 is 2.38 bits per heavy atom. The zero-order valence-electron chi connectivity index (χ0n) is 12.9. The largest absolute Gasteiger partial charge is 0.497 e. The summed E-state index contributed by atoms with van der Waals surface area (Å²) in [5, 5.41) is 2.98. The van der Waals surface area contributed by atoms with Crippen LogP contribution in [0, 0.1) is 0 Å². The van der Waals surface area contributed by atoms with Crippen LogP contribution in [0.4, 0.5) is 10.5 Å². The molecule has 0 aliphatic carbocycles. The second-order valence-corrected chi connectivity index (χ2v) is 6.16. The van der Waals surface area contributed by atoms with E-state index in [1.807, 2.05) is 29.2 Å². The number of amides is 2. The Morgan fingerprint density at radius 1 is 1.24 bits per heavy atom. The van der Waals surface area contributed by atoms with Gasteiger partial charge in [-0.3, -0.25) is 4.90 Å². The average molecular weight is 289 g/mol. The summed E-state index contributed by atoms with van der Waals surface area (Å²) in [6.07, 6.45) is 1.14. The molecule has 1 N–H and O–H groups in total. The topological polar surface area (TPSA) is 44.8 Å². The van der Waals surface area contributed by atoms with Gasteiger partial charge < -0.3 is 15.0 Å². The number of piperidine rings is 1. The van der Waals surface area contributed by atoms with Gasteiger partial charge in [0.15, 0.2) is 0 Å². The Hall–Kier alpha value is -1.75. The van der Waals surface area contributed by atoms with Gasteiger partial charge in [0, 0.05) is 36.9 Å². The minimum atomic E-state index is 0.0184. The number of benzene rings is 1. The molecule has 2 amide bonds. The molecule has 2 bridgehead atoms. The highest BCUT2D eigenvalue weighted by Gasteiger charge is 2.47. The first kappa shape index (κ1) is 14.2. The van der Waals surface area contributed by atoms with Crippen molar-refractivity contribution in [3.8, 4) is 5.75 Å². The van der Waals surface area contributed by atoms with Gasteiger partial charge in [0.05, 0.1) is 7.11 Å². The first-order valence-corrected chi connectivity index (χ1v) is 7.56. The lowest BCUT2D eigenvalue weighted by Gasteiger charge is -2.57. The quantitative estimate of drug-likeness (QED) is 0.929. The van der Waals surface area contributed by atoms with Crippen molar-refractivity contribution in [2.75, 3.05) is 25.5 Å². The third-order valence-electron chi connectivity index (χ3n) is 4.53. The number of piperazine rings is 1. The molecular formula is C16H23N3O2. The molecule has 1 aromatic rings. The number of anilines is 1. The van der Waals surface area contributed by atoms with Gasteiger partial charge in [0.1, 0.15) is 5.75 Å². The number of urea groups is 1. The third-order valence-corrected chi connectivity index (χ3v) is 4.53. The fourth-order valence-corrected chi connectivity index (χ4v) is 3.26. The van der Waals surface area contributed by atoms with E-state index in [2.05, 4.69) is 24.1 Å². The molecule has 5 heteroatoms. The number of likely N-dealkylation sites (tertiary alicyclic amines) is 2. The molecule has 21 heavy (non-hydrogen) atoms. The van der Waals surface area contributed by atoms with E-state index in [-0.39, 0.29) is 6.03 Å². The van der Waals surface area contributed by atoms with Gasteiger partial charge in [-0.25, -0.2) is 4.79 Å². The van der Waals surface area contributed by atoms with Crippen LogP contribution in [0.25, 0.3) is 0 Å². The lowest BCUT2D eigenvalue weighted by Crippen LogP contribution is -2.71. The van der Waals surface area contributed by atoms with Gasteiger partial charge in [0.2, 0.25) is 0 Å². The first-order chi connectivity index (χ1) is 10.1. The maximum atomic E-state index is 12.4. The molecule has 2 unspecified atom stereocenters. The standard InChI is InChI=1S/C16H23N3O2/c1-11(2)18-9-13-8-14(10-18)19(13)16(20)17-12-4-6-15(21-3)7-5-12/h4-7,11,13-14H,8-10H2,1-3H3,(H,17,20). The maximum absolute atomic E-state index is 12.4. The summed E-state index contributed by atoms with van der Waals surface area (Å²) in [6, 6.07) is 8.75. The van der Waals surface area contributed by atoms with Crippen LogP contribution < -0.4 is 10.1 Å². The second-order valence-electron chi connectivity index (χ2n) is 6.16. The summed E-state index contributed by atoms with van der Waals surface area (Å²) in [5.74, 6) is 0.793. The minimum absolute atomic E-state index is 0.0184. The molecule has 0 spiro atoms. The van der Waals surface area contributed by atoms with Gasteiger partial charge in [-0.1, -0.05) is 0 Å². The number of nitrogens with zero attached hydrogens (tertiary/aromatic N) is 2. The smallest absolute Gasteiger partial charge is 0.322 e. The van der Waals surface area contributed by atoms with Crippen LogP contribution >= 0.6 is 0 Å². The van der Waals surface area contributed by atoms with Crippen LogP contribution in [0.3, 0.4) is 0 Å². The number of carbonyl (C=O) groups excluding carboxylic acids is 1. The normalized spacial score (nSPS) is 24.7. The van der Waals surface area contributed by atoms with E-state index in [1.54, 1.807) is 7.11 Å². The maximum Gasteiger partial charge on any atom is 0.322 e. The summed E-state index contributed by atoms with van der Waals surface area (Å²) in [6.45, 7) is 6.41. The summed E-state index contributed by atoms with van der Waals surface area (Å²) in [7, 11) is 1.63. The molecular weight excluding hydrogens is 266 g/mol. The van der Waals surface area contributed by atoms with E-state index in [9.17, 15) is 4.79 Å². The number of carbonyl (C=O) groups is 1. The number of nitrogens with one attached hydrogen (secondary N) is 1. The number of fused-ring (bicyclic) bond motifs is 2. The van der Waals surface area contributed by atoms with Gasteiger partial charge in [-0.15, -0.1) is 0 Å². The predicted octanol–water partition coefficient (Wildman–Crippen LogP) is 2.39. The van der Waals surface area contributed by atoms with Crippen LogP contribution in [0.2, 0.25) is 0 Å². The monoisotopic (exact) mass is 289 g/mol. The molecule has 0 saturated carbocycles. The summed E-state index contributed by atoms with van der Waals surface area (Å²) in [5.41, 5.74) is 0.812. The van der Waals surface area contributed by atoms with Crippen molar-refractivity contribution in [2.24, 2.45) is 0 Å². The van der Waals surface area contributed by atoms with Crippen molar-refractivity contribution in [2.45, 2.75) is 38.4 Å². The molecule has 2 heterocycles. The van der Waals surface area contributed by atoms with Crippen LogP contribution in [0.15, 0.2) is 24.3 Å². The Balaban J connectivity index is 1.59. The van der Waals surface area contributed by atoms with Crippen LogP contribution in [0.5, 0.6) is 5.75 Å². The molecule has 2 aliphatic rings. The van der Waals surface area contributed by atoms with E-state index in [0.717, 1.165) is 30.9 Å². The molecule has 2 fully saturated rings. The van der Waals surface area contributed by atoms with Gasteiger partial charge in [0.25, 0.3) is 0 Å². The van der Waals surface area contributed by atoms with Crippen molar-refractivity contribution in [3.05, 3.63) is 24.3 Å². The van der Waals surface area contributed by atoms with Gasteiger partial charge in [-0.2, -0.15) is 0 Å². The fourth-order valence-electron chi connectivity index (χ4n) is 3.26. The zero-order chi connectivity index (χ0) is 15.0. The summed E-state index contributed by atoms with van der Waals surface area (Å²) in [4.78, 5) is 16.9. The number of hydrogen-bond acceptors (Lipinski definition) is 3. The number of methoxy groups -OCH3 is 1. The molecule has 1 aromatic carbocycles. The molecule has 114 valence electrons. The highest BCUT2D eigenvalue weighted by molar-refractivity contribution is 5.90. The zero-order valence-corrected chi connectivity index (χ0v) is 12.9. The van der Waals surface area contributed by atoms with Crippen molar-refractivity contribution < 1.29 is 9.53 Å². The van der Waals surface area contributed by atoms with E-state index in [1.165, 1.54) is 0 Å². The van der Waals surface area contributed by atoms with Crippen molar-refractivity contribution >= 4 is 11.7 Å². The Labute approximate surface area is 125 Å². The second kappa shape index (κ2) is 5.56. The Kier molecular flexibility index (Phi) is 3.76. The Bertz CT molecular complexity index is 503. The Morgan fingerprint density at radius 2 is 1.86 bits per heavy atom. The van der Waals surface area contributed by atoms with E-state index < -0.39 is 0 Å². The number of rotatable bonds is 3. The van der Waals surface area contributed by atoms with E-state index in [0.29, 0.717) is 18.1 Å². The summed E-state index contributed by atoms with van der Waals surface area (Å²) < 4.78 is 5.12. The fraction of sp³-hybridized carbons (Fsp3) is 0.562. The van der Waals surface area contributed by atoms with Gasteiger partial charge in [-0.05, 0) is 44.5 Å². The predicted molar refractivity (Wildman–Crippen MR) is 82.8 cm³/mol. The number of ether oxygens (including phenoxy) is 1. The van der Waals surface area contributed by atoms with Crippen molar-refractivity contribution in [3.63, 3.8) is 0 Å². The number of hydrogen-bond donors (Lipinski definition) is 1. The molecule has 3 rings (SSSR count). The molecule has 2 saturated heterocycles. The average Bonchev–Trinajstić information content (AvgIpc) is 2.48. The van der Waals surface area contributed by atoms with Crippen molar-refractivity contribution in [1.82, 2.24) is 9.80 Å². The molecule has 2 atom stereocenters. The molecule has 0 aromatic heterocycles. The van der Waals surface area contributed by atoms with Crippen LogP contribution in [0.1, 0.15) is 20.3 Å². The highest BCUT2D eigenvalue weighted by atomic mass is 16.5. The summed E-state index contributed by atoms with van der Waals surface area (Å²) >= 11 is 0. The van der Waals surface area contributed by atoms with E-state index in [4.69, 9.17) is 4.74 Å². The van der Waals surface area contributed by atoms with Crippen molar-refractivity contribution in [1.29, 1.82) is 0 Å². The minimum Gasteiger partial charge on any atom is -0.497 e. The third kappa shape index (κ3) is 2.70. The van der Waals surface area contributed by atoms with Crippen LogP contribution in [-0.4, -0.2) is 54.2 Å². The molecule has 0 radical (unpaired) electrons. The first-order valence-electron chi connectivity index (χ1n) is 7.56. The highest BCUT2D eigenvalue weighted by Crippen LogP contribution is 2.33. The van der Waals surface area contributed by atoms with E-state index >= 15 is 0 Å². The lowest BCUT2D eigenvalue weighted by atomic mass is 9.87. The van der Waals surface area contributed by atoms with Gasteiger partial charge >= 0.3 is 6.03 Å². The molecule has 2 aliphatic heterocycles. The lowest BCUT2D eigenvalue weighted by molar-refractivity contribution is -0.0430. The van der Waals surface area contributed by atoms with Crippen LogP contribution in [-0.2, 0) is 0 Å².